The topological polar surface area (TPSA) is 26.3 Å². The van der Waals surface area contributed by atoms with Crippen molar-refractivity contribution in [2.45, 2.75) is 80.3 Å². The van der Waals surface area contributed by atoms with Gasteiger partial charge >= 0.3 is 5.97 Å². The molecule has 0 fully saturated rings. The molecule has 22 heavy (non-hydrogen) atoms. The number of carbonyl (C=O) groups is 1. The van der Waals surface area contributed by atoms with Gasteiger partial charge in [-0.2, -0.15) is 0 Å². The zero-order chi connectivity index (χ0) is 17.1. The molecule has 0 N–H and O–H groups in total. The van der Waals surface area contributed by atoms with Crippen LogP contribution in [0, 0.1) is 17.8 Å². The smallest absolute Gasteiger partial charge is 0.331 e. The SMILES string of the molecule is CC(C=CCC(C)CCCC(C)C(C)C)=CC(=O)OC(C)C. The zero-order valence-electron chi connectivity index (χ0n) is 15.7. The van der Waals surface area contributed by atoms with Crippen molar-refractivity contribution in [2.24, 2.45) is 17.8 Å². The van der Waals surface area contributed by atoms with Gasteiger partial charge in [-0.3, -0.25) is 0 Å². The molecule has 2 nitrogen and oxygen atoms in total. The van der Waals surface area contributed by atoms with Crippen molar-refractivity contribution in [1.29, 1.82) is 0 Å². The number of allylic oxidation sites excluding steroid dienone is 3. The quantitative estimate of drug-likeness (QED) is 0.284. The third-order valence-electron chi connectivity index (χ3n) is 4.11. The Bertz CT molecular complexity index is 364. The first-order chi connectivity index (χ1) is 10.2. The molecule has 2 atom stereocenters. The van der Waals surface area contributed by atoms with Crippen molar-refractivity contribution in [3.05, 3.63) is 23.8 Å². The molecule has 0 amide bonds. The summed E-state index contributed by atoms with van der Waals surface area (Å²) in [5, 5.41) is 0. The molecule has 0 saturated carbocycles. The van der Waals surface area contributed by atoms with Crippen LogP contribution >= 0.6 is 0 Å². The summed E-state index contributed by atoms with van der Waals surface area (Å²) in [6, 6.07) is 0. The Labute approximate surface area is 138 Å². The molecule has 0 aliphatic rings. The van der Waals surface area contributed by atoms with Crippen LogP contribution < -0.4 is 0 Å². The van der Waals surface area contributed by atoms with Gasteiger partial charge in [0, 0.05) is 6.08 Å². The highest BCUT2D eigenvalue weighted by Crippen LogP contribution is 2.20. The largest absolute Gasteiger partial charge is 0.460 e. The summed E-state index contributed by atoms with van der Waals surface area (Å²) >= 11 is 0. The lowest BCUT2D eigenvalue weighted by molar-refractivity contribution is -0.141. The van der Waals surface area contributed by atoms with Gasteiger partial charge in [-0.05, 0) is 50.5 Å². The van der Waals surface area contributed by atoms with Crippen LogP contribution in [0.25, 0.3) is 0 Å². The van der Waals surface area contributed by atoms with E-state index in [-0.39, 0.29) is 12.1 Å². The molecule has 0 aliphatic carbocycles. The summed E-state index contributed by atoms with van der Waals surface area (Å²) in [6.45, 7) is 14.9. The molecule has 0 aromatic heterocycles. The normalized spacial score (nSPS) is 15.6. The standard InChI is InChI=1S/C20H36O2/c1-15(2)19(7)13-9-11-17(5)10-8-12-18(6)14-20(21)22-16(3)4/h8,12,14-17,19H,9-11,13H2,1-7H3. The summed E-state index contributed by atoms with van der Waals surface area (Å²) < 4.78 is 5.09. The van der Waals surface area contributed by atoms with Gasteiger partial charge < -0.3 is 4.74 Å². The van der Waals surface area contributed by atoms with E-state index in [1.807, 2.05) is 26.8 Å². The van der Waals surface area contributed by atoms with E-state index in [4.69, 9.17) is 4.74 Å². The van der Waals surface area contributed by atoms with E-state index < -0.39 is 0 Å². The minimum Gasteiger partial charge on any atom is -0.460 e. The molecule has 0 rings (SSSR count). The van der Waals surface area contributed by atoms with Crippen LogP contribution in [0.3, 0.4) is 0 Å². The number of ether oxygens (including phenoxy) is 1. The summed E-state index contributed by atoms with van der Waals surface area (Å²) in [5.41, 5.74) is 0.950. The summed E-state index contributed by atoms with van der Waals surface area (Å²) in [6.07, 6.45) is 10.7. The van der Waals surface area contributed by atoms with Gasteiger partial charge in [0.05, 0.1) is 6.10 Å². The minimum atomic E-state index is -0.257. The van der Waals surface area contributed by atoms with E-state index in [2.05, 4.69) is 33.8 Å². The van der Waals surface area contributed by atoms with E-state index in [0.29, 0.717) is 5.92 Å². The van der Waals surface area contributed by atoms with Crippen LogP contribution in [0.5, 0.6) is 0 Å². The molecule has 0 radical (unpaired) electrons. The molecule has 2 unspecified atom stereocenters. The molecule has 0 saturated heterocycles. The number of hydrogen-bond acceptors (Lipinski definition) is 2. The predicted octanol–water partition coefficient (Wildman–Crippen LogP) is 5.93. The van der Waals surface area contributed by atoms with Crippen molar-refractivity contribution in [3.63, 3.8) is 0 Å². The second-order valence-electron chi connectivity index (χ2n) is 7.27. The monoisotopic (exact) mass is 308 g/mol. The highest BCUT2D eigenvalue weighted by molar-refractivity contribution is 5.83. The second-order valence-corrected chi connectivity index (χ2v) is 7.27. The van der Waals surface area contributed by atoms with Crippen molar-refractivity contribution in [2.75, 3.05) is 0 Å². The maximum atomic E-state index is 11.5. The number of carbonyl (C=O) groups excluding carboxylic acids is 1. The van der Waals surface area contributed by atoms with Crippen molar-refractivity contribution in [1.82, 2.24) is 0 Å². The highest BCUT2D eigenvalue weighted by Gasteiger charge is 2.08. The third kappa shape index (κ3) is 11.6. The molecule has 2 heteroatoms. The number of esters is 1. The molecular formula is C20H36O2. The Morgan fingerprint density at radius 3 is 2.23 bits per heavy atom. The fourth-order valence-electron chi connectivity index (χ4n) is 2.23. The van der Waals surface area contributed by atoms with Gasteiger partial charge in [-0.15, -0.1) is 0 Å². The van der Waals surface area contributed by atoms with Gasteiger partial charge in [0.2, 0.25) is 0 Å². The first-order valence-electron chi connectivity index (χ1n) is 8.77. The van der Waals surface area contributed by atoms with Crippen LogP contribution in [-0.4, -0.2) is 12.1 Å². The van der Waals surface area contributed by atoms with Gasteiger partial charge in [0.15, 0.2) is 0 Å². The summed E-state index contributed by atoms with van der Waals surface area (Å²) in [4.78, 5) is 11.5. The lowest BCUT2D eigenvalue weighted by Gasteiger charge is -2.16. The van der Waals surface area contributed by atoms with Crippen LogP contribution in [0.15, 0.2) is 23.8 Å². The van der Waals surface area contributed by atoms with E-state index in [1.54, 1.807) is 6.08 Å². The Hall–Kier alpha value is -1.05. The average Bonchev–Trinajstić information content (AvgIpc) is 2.36. The second kappa shape index (κ2) is 11.5. The average molecular weight is 309 g/mol. The molecular weight excluding hydrogens is 272 g/mol. The highest BCUT2D eigenvalue weighted by atomic mass is 16.5. The Morgan fingerprint density at radius 2 is 1.68 bits per heavy atom. The van der Waals surface area contributed by atoms with Crippen molar-refractivity contribution >= 4 is 5.97 Å². The maximum absolute atomic E-state index is 11.5. The molecule has 0 bridgehead atoms. The summed E-state index contributed by atoms with van der Waals surface area (Å²) in [5.74, 6) is 2.05. The number of rotatable bonds is 10. The summed E-state index contributed by atoms with van der Waals surface area (Å²) in [7, 11) is 0. The fraction of sp³-hybridized carbons (Fsp3) is 0.750. The van der Waals surface area contributed by atoms with Gasteiger partial charge in [-0.25, -0.2) is 4.79 Å². The molecule has 0 aromatic carbocycles. The van der Waals surface area contributed by atoms with E-state index in [1.165, 1.54) is 19.3 Å². The minimum absolute atomic E-state index is 0.0613. The molecule has 0 aromatic rings. The zero-order valence-corrected chi connectivity index (χ0v) is 15.7. The van der Waals surface area contributed by atoms with Crippen molar-refractivity contribution in [3.8, 4) is 0 Å². The lowest BCUT2D eigenvalue weighted by Crippen LogP contribution is -2.08. The van der Waals surface area contributed by atoms with Gasteiger partial charge in [-0.1, -0.05) is 59.1 Å². The molecule has 128 valence electrons. The fourth-order valence-corrected chi connectivity index (χ4v) is 2.23. The van der Waals surface area contributed by atoms with Crippen LogP contribution in [0.1, 0.15) is 74.1 Å². The van der Waals surface area contributed by atoms with Crippen LogP contribution in [0.2, 0.25) is 0 Å². The third-order valence-corrected chi connectivity index (χ3v) is 4.11. The Morgan fingerprint density at radius 1 is 1.05 bits per heavy atom. The maximum Gasteiger partial charge on any atom is 0.331 e. The van der Waals surface area contributed by atoms with Gasteiger partial charge in [0.25, 0.3) is 0 Å². The first kappa shape index (κ1) is 20.9. The first-order valence-corrected chi connectivity index (χ1v) is 8.77. The van der Waals surface area contributed by atoms with Crippen LogP contribution in [0.4, 0.5) is 0 Å². The predicted molar refractivity (Wildman–Crippen MR) is 95.8 cm³/mol. The van der Waals surface area contributed by atoms with E-state index >= 15 is 0 Å². The van der Waals surface area contributed by atoms with E-state index in [9.17, 15) is 4.79 Å². The Balaban J connectivity index is 4.00. The van der Waals surface area contributed by atoms with Gasteiger partial charge in [0.1, 0.15) is 0 Å². The Kier molecular flexibility index (Phi) is 11.0. The number of hydrogen-bond donors (Lipinski definition) is 0. The molecule has 0 heterocycles. The van der Waals surface area contributed by atoms with Crippen LogP contribution in [-0.2, 0) is 9.53 Å². The lowest BCUT2D eigenvalue weighted by atomic mass is 9.90. The van der Waals surface area contributed by atoms with E-state index in [0.717, 1.165) is 23.8 Å². The van der Waals surface area contributed by atoms with Crippen molar-refractivity contribution < 1.29 is 9.53 Å². The molecule has 0 spiro atoms. The molecule has 0 aliphatic heterocycles.